The molecule has 0 radical (unpaired) electrons. The van der Waals surface area contributed by atoms with Gasteiger partial charge in [-0.05, 0) is 28.0 Å². The van der Waals surface area contributed by atoms with Gasteiger partial charge in [0.2, 0.25) is 0 Å². The monoisotopic (exact) mass is 582 g/mol. The van der Waals surface area contributed by atoms with Gasteiger partial charge >= 0.3 is 6.03 Å². The summed E-state index contributed by atoms with van der Waals surface area (Å²) >= 11 is 3.49. The number of hydrogen-bond donors (Lipinski definition) is 2. The molecule has 8 nitrogen and oxygen atoms in total. The Morgan fingerprint density at radius 1 is 1.31 bits per heavy atom. The summed E-state index contributed by atoms with van der Waals surface area (Å²) in [5.74, 6) is -2.25. The molecule has 0 unspecified atom stereocenters. The molecule has 0 spiro atoms. The number of aromatic nitrogens is 2. The lowest BCUT2D eigenvalue weighted by atomic mass is 9.89. The van der Waals surface area contributed by atoms with Crippen LogP contribution in [0.25, 0.3) is 11.0 Å². The van der Waals surface area contributed by atoms with Crippen LogP contribution >= 0.6 is 15.9 Å². The van der Waals surface area contributed by atoms with E-state index in [9.17, 15) is 13.6 Å². The van der Waals surface area contributed by atoms with E-state index in [0.717, 1.165) is 18.2 Å². The summed E-state index contributed by atoms with van der Waals surface area (Å²) in [7, 11) is -0.702. The number of rotatable bonds is 10. The minimum Gasteiger partial charge on any atom is -0.450 e. The third-order valence-electron chi connectivity index (χ3n) is 5.79. The summed E-state index contributed by atoms with van der Waals surface area (Å²) in [5, 5.41) is 5.70. The highest BCUT2D eigenvalue weighted by Gasteiger charge is 2.33. The third-order valence-corrected chi connectivity index (χ3v) is 7.78. The number of urea groups is 1. The number of pyridine rings is 1. The Hall–Kier alpha value is -2.54. The largest absolute Gasteiger partial charge is 0.450 e. The van der Waals surface area contributed by atoms with Gasteiger partial charge in [-0.15, -0.1) is 0 Å². The van der Waals surface area contributed by atoms with Crippen LogP contribution in [-0.4, -0.2) is 50.7 Å². The zero-order valence-corrected chi connectivity index (χ0v) is 23.1. The van der Waals surface area contributed by atoms with E-state index in [1.807, 2.05) is 11.5 Å². The number of fused-ring (bicyclic) bond motifs is 1. The molecule has 194 valence electrons. The van der Waals surface area contributed by atoms with Gasteiger partial charge < -0.3 is 29.4 Å². The topological polar surface area (TPSA) is 86.6 Å². The molecule has 2 aromatic heterocycles. The molecule has 0 atom stereocenters. The standard InChI is InChI=1S/C24H29BrF2N4O4Si/c1-24(12-34-13-24)11-29-23(32)30-15-8-17(26)21(18(27)9-15)35-19-4-5-28-22-20(19)16(25)10-31(22)14-33-6-7-36(2)3/h4-5,8-10,36H,6-7,11-14H2,1-3H3,(H2,29,30,32). The molecule has 36 heavy (non-hydrogen) atoms. The molecule has 12 heteroatoms. The van der Waals surface area contributed by atoms with Crippen molar-refractivity contribution in [2.45, 2.75) is 32.8 Å². The average Bonchev–Trinajstić information content (AvgIpc) is 3.12. The first kappa shape index (κ1) is 26.5. The zero-order valence-electron chi connectivity index (χ0n) is 20.4. The van der Waals surface area contributed by atoms with Crippen molar-refractivity contribution in [3.63, 3.8) is 0 Å². The van der Waals surface area contributed by atoms with Gasteiger partial charge in [-0.3, -0.25) is 0 Å². The molecule has 0 aliphatic carbocycles. The molecule has 3 heterocycles. The second-order valence-electron chi connectivity index (χ2n) is 9.66. The van der Waals surface area contributed by atoms with Crippen molar-refractivity contribution in [2.75, 3.05) is 31.7 Å². The first-order valence-corrected chi connectivity index (χ1v) is 15.6. The quantitative estimate of drug-likeness (QED) is 0.244. The Kier molecular flexibility index (Phi) is 8.28. The summed E-state index contributed by atoms with van der Waals surface area (Å²) < 4.78 is 48.8. The van der Waals surface area contributed by atoms with Gasteiger partial charge in [0, 0.05) is 62.0 Å². The SMILES string of the molecule is C[SiH](C)CCOCn1cc(Br)c2c(Oc3c(F)cc(NC(=O)NCC4(C)COC4)cc3F)ccnc21. The van der Waals surface area contributed by atoms with E-state index in [0.29, 0.717) is 48.6 Å². The minimum atomic E-state index is -0.952. The Morgan fingerprint density at radius 3 is 2.67 bits per heavy atom. The molecule has 4 rings (SSSR count). The molecule has 0 saturated carbocycles. The molecule has 3 aromatic rings. The van der Waals surface area contributed by atoms with E-state index < -0.39 is 32.2 Å². The van der Waals surface area contributed by atoms with E-state index in [4.69, 9.17) is 14.2 Å². The number of nitrogens with zero attached hydrogens (tertiary/aromatic N) is 2. The van der Waals surface area contributed by atoms with Crippen LogP contribution in [0.2, 0.25) is 19.1 Å². The molecule has 1 aliphatic rings. The third kappa shape index (κ3) is 6.23. The van der Waals surface area contributed by atoms with Crippen LogP contribution in [0, 0.1) is 17.0 Å². The maximum Gasteiger partial charge on any atom is 0.319 e. The van der Waals surface area contributed by atoms with Crippen LogP contribution < -0.4 is 15.4 Å². The van der Waals surface area contributed by atoms with Crippen molar-refractivity contribution in [3.8, 4) is 11.5 Å². The molecular formula is C24H29BrF2N4O4Si. The molecule has 2 amide bonds. The number of anilines is 1. The second-order valence-corrected chi connectivity index (χ2v) is 13.9. The number of carbonyl (C=O) groups is 1. The summed E-state index contributed by atoms with van der Waals surface area (Å²) in [6.07, 6.45) is 3.30. The van der Waals surface area contributed by atoms with Crippen molar-refractivity contribution in [1.82, 2.24) is 14.9 Å². The number of ether oxygens (including phenoxy) is 3. The Morgan fingerprint density at radius 2 is 2.03 bits per heavy atom. The van der Waals surface area contributed by atoms with E-state index in [1.54, 1.807) is 6.20 Å². The average molecular weight is 584 g/mol. The van der Waals surface area contributed by atoms with E-state index in [2.05, 4.69) is 44.6 Å². The molecular weight excluding hydrogens is 554 g/mol. The lowest BCUT2D eigenvalue weighted by Gasteiger charge is -2.37. The predicted octanol–water partition coefficient (Wildman–Crippen LogP) is 5.49. The highest BCUT2D eigenvalue weighted by molar-refractivity contribution is 9.10. The van der Waals surface area contributed by atoms with Gasteiger partial charge in [0.05, 0.1) is 18.6 Å². The summed E-state index contributed by atoms with van der Waals surface area (Å²) in [6, 6.07) is 4.07. The lowest BCUT2D eigenvalue weighted by Crippen LogP contribution is -2.49. The van der Waals surface area contributed by atoms with E-state index in [1.165, 1.54) is 12.3 Å². The lowest BCUT2D eigenvalue weighted by molar-refractivity contribution is -0.0974. The number of nitrogens with one attached hydrogen (secondary N) is 2. The van der Waals surface area contributed by atoms with Gasteiger partial charge in [0.15, 0.2) is 17.4 Å². The number of halogens is 3. The van der Waals surface area contributed by atoms with Crippen molar-refractivity contribution < 1.29 is 27.8 Å². The Labute approximate surface area is 218 Å². The van der Waals surface area contributed by atoms with Crippen molar-refractivity contribution >= 4 is 47.5 Å². The maximum atomic E-state index is 14.9. The van der Waals surface area contributed by atoms with Crippen LogP contribution in [0.4, 0.5) is 19.3 Å². The van der Waals surface area contributed by atoms with Gasteiger partial charge in [0.1, 0.15) is 18.1 Å². The highest BCUT2D eigenvalue weighted by atomic mass is 79.9. The summed E-state index contributed by atoms with van der Waals surface area (Å²) in [6.45, 7) is 8.97. The fourth-order valence-corrected chi connectivity index (χ4v) is 4.92. The molecule has 1 aromatic carbocycles. The van der Waals surface area contributed by atoms with Gasteiger partial charge in [-0.25, -0.2) is 18.6 Å². The van der Waals surface area contributed by atoms with Crippen molar-refractivity contribution in [1.29, 1.82) is 0 Å². The number of hydrogen-bond acceptors (Lipinski definition) is 5. The number of carbonyl (C=O) groups excluding carboxylic acids is 1. The van der Waals surface area contributed by atoms with Crippen LogP contribution in [0.3, 0.4) is 0 Å². The minimum absolute atomic E-state index is 0.0290. The van der Waals surface area contributed by atoms with Gasteiger partial charge in [-0.1, -0.05) is 20.0 Å². The first-order chi connectivity index (χ1) is 17.1. The number of benzene rings is 1. The van der Waals surface area contributed by atoms with Crippen LogP contribution in [-0.2, 0) is 16.2 Å². The fourth-order valence-electron chi connectivity index (χ4n) is 3.66. The maximum absolute atomic E-state index is 14.9. The van der Waals surface area contributed by atoms with Crippen molar-refractivity contribution in [2.24, 2.45) is 5.41 Å². The Bertz CT molecular complexity index is 1230. The molecule has 0 bridgehead atoms. The molecule has 1 fully saturated rings. The predicted molar refractivity (Wildman–Crippen MR) is 139 cm³/mol. The van der Waals surface area contributed by atoms with E-state index >= 15 is 0 Å². The Balaban J connectivity index is 1.47. The normalized spacial score (nSPS) is 14.6. The highest BCUT2D eigenvalue weighted by Crippen LogP contribution is 2.37. The van der Waals surface area contributed by atoms with Gasteiger partial charge in [0.25, 0.3) is 0 Å². The smallest absolute Gasteiger partial charge is 0.319 e. The number of amides is 2. The van der Waals surface area contributed by atoms with Gasteiger partial charge in [-0.2, -0.15) is 0 Å². The second kappa shape index (κ2) is 11.2. The van der Waals surface area contributed by atoms with Crippen LogP contribution in [0.5, 0.6) is 11.5 Å². The first-order valence-electron chi connectivity index (χ1n) is 11.7. The van der Waals surface area contributed by atoms with Crippen LogP contribution in [0.1, 0.15) is 6.92 Å². The molecule has 2 N–H and O–H groups in total. The van der Waals surface area contributed by atoms with Crippen molar-refractivity contribution in [3.05, 3.63) is 46.7 Å². The molecule has 1 saturated heterocycles. The summed E-state index contributed by atoms with van der Waals surface area (Å²) in [5.41, 5.74) is 0.400. The molecule has 1 aliphatic heterocycles. The van der Waals surface area contributed by atoms with Crippen LogP contribution in [0.15, 0.2) is 35.1 Å². The fraction of sp³-hybridized carbons (Fsp3) is 0.417. The zero-order chi connectivity index (χ0) is 25.9. The van der Waals surface area contributed by atoms with E-state index in [-0.39, 0.29) is 16.9 Å². The summed E-state index contributed by atoms with van der Waals surface area (Å²) in [4.78, 5) is 16.5.